The molecule has 2 fully saturated rings. The third kappa shape index (κ3) is 4.04. The summed E-state index contributed by atoms with van der Waals surface area (Å²) < 4.78 is 0. The van der Waals surface area contributed by atoms with E-state index >= 15 is 0 Å². The van der Waals surface area contributed by atoms with E-state index in [-0.39, 0.29) is 5.91 Å². The van der Waals surface area contributed by atoms with Gasteiger partial charge in [-0.3, -0.25) is 14.7 Å². The zero-order valence-corrected chi connectivity index (χ0v) is 15.6. The highest BCUT2D eigenvalue weighted by molar-refractivity contribution is 5.94. The molecule has 2 saturated heterocycles. The number of aromatic nitrogens is 2. The number of rotatable bonds is 5. The number of benzene rings is 1. The Morgan fingerprint density at radius 3 is 2.52 bits per heavy atom. The van der Waals surface area contributed by atoms with E-state index in [1.54, 1.807) is 6.20 Å². The van der Waals surface area contributed by atoms with Crippen molar-refractivity contribution < 1.29 is 9.59 Å². The topological polar surface area (TPSA) is 69.3 Å². The summed E-state index contributed by atoms with van der Waals surface area (Å²) in [5.74, 6) is 1.03. The second-order valence-electron chi connectivity index (χ2n) is 7.56. The molecule has 0 atom stereocenters. The number of likely N-dealkylation sites (tertiary alicyclic amines) is 2. The first kappa shape index (κ1) is 17.8. The molecule has 4 rings (SSSR count). The highest BCUT2D eigenvalue weighted by atomic mass is 16.2. The van der Waals surface area contributed by atoms with Gasteiger partial charge in [0, 0.05) is 44.4 Å². The van der Waals surface area contributed by atoms with Gasteiger partial charge in [-0.05, 0) is 55.4 Å². The number of hydrogen-bond donors (Lipinski definition) is 1. The van der Waals surface area contributed by atoms with Crippen LogP contribution in [-0.4, -0.2) is 58.0 Å². The van der Waals surface area contributed by atoms with Gasteiger partial charge < -0.3 is 9.80 Å². The first-order valence-electron chi connectivity index (χ1n) is 9.87. The highest BCUT2D eigenvalue weighted by Crippen LogP contribution is 2.24. The lowest BCUT2D eigenvalue weighted by Gasteiger charge is -2.33. The summed E-state index contributed by atoms with van der Waals surface area (Å²) in [5.41, 5.74) is 2.71. The monoisotopic (exact) mass is 366 g/mol. The van der Waals surface area contributed by atoms with E-state index in [2.05, 4.69) is 10.2 Å². The van der Waals surface area contributed by atoms with Crippen molar-refractivity contribution in [3.63, 3.8) is 0 Å². The molecule has 6 heteroatoms. The van der Waals surface area contributed by atoms with E-state index in [1.165, 1.54) is 0 Å². The molecule has 3 heterocycles. The van der Waals surface area contributed by atoms with Gasteiger partial charge in [-0.25, -0.2) is 0 Å². The van der Waals surface area contributed by atoms with Gasteiger partial charge in [0.15, 0.2) is 0 Å². The van der Waals surface area contributed by atoms with Crippen molar-refractivity contribution in [2.24, 2.45) is 5.92 Å². The van der Waals surface area contributed by atoms with Crippen LogP contribution >= 0.6 is 0 Å². The summed E-state index contributed by atoms with van der Waals surface area (Å²) >= 11 is 0. The lowest BCUT2D eigenvalue weighted by Crippen LogP contribution is -2.39. The van der Waals surface area contributed by atoms with Crippen LogP contribution in [0.1, 0.15) is 42.5 Å². The number of nitrogens with one attached hydrogen (secondary N) is 1. The van der Waals surface area contributed by atoms with Crippen molar-refractivity contribution in [3.05, 3.63) is 42.1 Å². The Kier molecular flexibility index (Phi) is 5.23. The maximum absolute atomic E-state index is 12.8. The van der Waals surface area contributed by atoms with Crippen LogP contribution in [0.3, 0.4) is 0 Å². The molecule has 142 valence electrons. The van der Waals surface area contributed by atoms with Crippen molar-refractivity contribution in [1.29, 1.82) is 0 Å². The molecule has 0 spiro atoms. The van der Waals surface area contributed by atoms with Crippen LogP contribution in [-0.2, 0) is 4.79 Å². The lowest BCUT2D eigenvalue weighted by atomic mass is 9.93. The molecular weight excluding hydrogens is 340 g/mol. The first-order valence-corrected chi connectivity index (χ1v) is 9.87. The largest absolute Gasteiger partial charge is 0.343 e. The molecule has 2 aromatic rings. The second kappa shape index (κ2) is 7.94. The summed E-state index contributed by atoms with van der Waals surface area (Å²) in [7, 11) is 0. The summed E-state index contributed by atoms with van der Waals surface area (Å²) in [6, 6.07) is 9.62. The van der Waals surface area contributed by atoms with Crippen molar-refractivity contribution >= 4 is 11.8 Å². The normalized spacial score (nSPS) is 18.3. The predicted octanol–water partition coefficient (Wildman–Crippen LogP) is 2.94. The van der Waals surface area contributed by atoms with Gasteiger partial charge in [-0.15, -0.1) is 0 Å². The van der Waals surface area contributed by atoms with Gasteiger partial charge in [-0.1, -0.05) is 12.1 Å². The molecule has 27 heavy (non-hydrogen) atoms. The predicted molar refractivity (Wildman–Crippen MR) is 103 cm³/mol. The fourth-order valence-electron chi connectivity index (χ4n) is 4.10. The summed E-state index contributed by atoms with van der Waals surface area (Å²) in [6.45, 7) is 3.41. The number of piperidine rings is 1. The minimum absolute atomic E-state index is 0.110. The third-order valence-corrected chi connectivity index (χ3v) is 5.82. The molecule has 1 aromatic heterocycles. The first-order chi connectivity index (χ1) is 13.2. The highest BCUT2D eigenvalue weighted by Gasteiger charge is 2.26. The molecule has 2 amide bonds. The summed E-state index contributed by atoms with van der Waals surface area (Å²) in [4.78, 5) is 28.4. The molecule has 0 radical (unpaired) electrons. The number of carbonyl (C=O) groups is 2. The number of carbonyl (C=O) groups excluding carboxylic acids is 2. The molecule has 1 aromatic carbocycles. The van der Waals surface area contributed by atoms with Crippen molar-refractivity contribution in [3.8, 4) is 11.3 Å². The maximum Gasteiger partial charge on any atom is 0.253 e. The average Bonchev–Trinajstić information content (AvgIpc) is 3.38. The smallest absolute Gasteiger partial charge is 0.253 e. The summed E-state index contributed by atoms with van der Waals surface area (Å²) in [5, 5.41) is 6.89. The van der Waals surface area contributed by atoms with Gasteiger partial charge in [0.05, 0.1) is 5.69 Å². The second-order valence-corrected chi connectivity index (χ2v) is 7.56. The van der Waals surface area contributed by atoms with Crippen LogP contribution in [0.4, 0.5) is 0 Å². The minimum Gasteiger partial charge on any atom is -0.343 e. The summed E-state index contributed by atoms with van der Waals surface area (Å²) in [6.07, 6.45) is 6.56. The fraction of sp³-hybridized carbons (Fsp3) is 0.476. The van der Waals surface area contributed by atoms with Crippen LogP contribution in [0, 0.1) is 5.92 Å². The molecule has 0 saturated carbocycles. The number of H-pyrrole nitrogens is 1. The maximum atomic E-state index is 12.8. The Morgan fingerprint density at radius 2 is 1.89 bits per heavy atom. The Hall–Kier alpha value is -2.63. The molecule has 1 N–H and O–H groups in total. The zero-order valence-electron chi connectivity index (χ0n) is 15.6. The Labute approximate surface area is 159 Å². The number of nitrogens with zero attached hydrogens (tertiary/aromatic N) is 3. The van der Waals surface area contributed by atoms with E-state index in [0.717, 1.165) is 68.7 Å². The molecule has 2 aliphatic heterocycles. The lowest BCUT2D eigenvalue weighted by molar-refractivity contribution is -0.127. The zero-order chi connectivity index (χ0) is 18.6. The van der Waals surface area contributed by atoms with E-state index in [4.69, 9.17) is 0 Å². The van der Waals surface area contributed by atoms with E-state index in [9.17, 15) is 9.59 Å². The van der Waals surface area contributed by atoms with Gasteiger partial charge in [-0.2, -0.15) is 5.10 Å². The van der Waals surface area contributed by atoms with Gasteiger partial charge in [0.2, 0.25) is 5.91 Å². The molecular formula is C21H26N4O2. The number of aromatic amines is 1. The molecule has 0 bridgehead atoms. The van der Waals surface area contributed by atoms with Crippen LogP contribution in [0.15, 0.2) is 36.5 Å². The third-order valence-electron chi connectivity index (χ3n) is 5.82. The Morgan fingerprint density at radius 1 is 1.11 bits per heavy atom. The standard InChI is InChI=1S/C21H26N4O2/c26-20-2-1-12-24(20)13-8-16-9-14-25(15-10-16)21(27)18-5-3-17(4-6-18)19-7-11-22-23-19/h3-7,11,16H,1-2,8-10,12-15H2,(H,22,23). The van der Waals surface area contributed by atoms with Gasteiger partial charge in [0.1, 0.15) is 0 Å². The Bertz CT molecular complexity index is 777. The molecule has 0 aliphatic carbocycles. The number of hydrogen-bond acceptors (Lipinski definition) is 3. The van der Waals surface area contributed by atoms with Crippen molar-refractivity contribution in [1.82, 2.24) is 20.0 Å². The Balaban J connectivity index is 1.27. The fourth-order valence-corrected chi connectivity index (χ4v) is 4.10. The van der Waals surface area contributed by atoms with Crippen molar-refractivity contribution in [2.45, 2.75) is 32.1 Å². The molecule has 0 unspecified atom stereocenters. The van der Waals surface area contributed by atoms with E-state index < -0.39 is 0 Å². The SMILES string of the molecule is O=C1CCCN1CCC1CCN(C(=O)c2ccc(-c3ccn[nH]3)cc2)CC1. The van der Waals surface area contributed by atoms with Crippen LogP contribution < -0.4 is 0 Å². The van der Waals surface area contributed by atoms with Gasteiger partial charge >= 0.3 is 0 Å². The quantitative estimate of drug-likeness (QED) is 0.884. The van der Waals surface area contributed by atoms with Crippen LogP contribution in [0.25, 0.3) is 11.3 Å². The van der Waals surface area contributed by atoms with E-state index in [0.29, 0.717) is 18.2 Å². The van der Waals surface area contributed by atoms with Crippen LogP contribution in [0.5, 0.6) is 0 Å². The van der Waals surface area contributed by atoms with E-state index in [1.807, 2.05) is 40.1 Å². The minimum atomic E-state index is 0.110. The average molecular weight is 366 g/mol. The molecule has 6 nitrogen and oxygen atoms in total. The number of amides is 2. The van der Waals surface area contributed by atoms with Crippen LogP contribution in [0.2, 0.25) is 0 Å². The molecule has 2 aliphatic rings. The van der Waals surface area contributed by atoms with Gasteiger partial charge in [0.25, 0.3) is 5.91 Å². The van der Waals surface area contributed by atoms with Crippen molar-refractivity contribution in [2.75, 3.05) is 26.2 Å².